The number of hydrogen-bond donors (Lipinski definition) is 0. The first kappa shape index (κ1) is 17.5. The van der Waals surface area contributed by atoms with E-state index in [0.29, 0.717) is 0 Å². The number of unbranched alkanes of at least 4 members (excludes halogenated alkanes) is 3. The molecule has 104 valence electrons. The van der Waals surface area contributed by atoms with Crippen LogP contribution in [0.15, 0.2) is 0 Å². The van der Waals surface area contributed by atoms with Crippen LogP contribution in [0.5, 0.6) is 0 Å². The molecule has 1 heteroatoms. The molecule has 0 aromatic heterocycles. The molecule has 0 radical (unpaired) electrons. The summed E-state index contributed by atoms with van der Waals surface area (Å²) < 4.78 is 0. The molecule has 2 aliphatic carbocycles. The molecule has 0 spiro atoms. The van der Waals surface area contributed by atoms with Crippen molar-refractivity contribution >= 4 is 0 Å². The Morgan fingerprint density at radius 2 is 1.24 bits per heavy atom. The second kappa shape index (κ2) is 13.0. The van der Waals surface area contributed by atoms with Crippen LogP contribution in [-0.2, 0) is 17.1 Å². The van der Waals surface area contributed by atoms with Crippen LogP contribution in [0.3, 0.4) is 0 Å². The molecule has 0 heterocycles. The molecule has 2 saturated carbocycles. The van der Waals surface area contributed by atoms with E-state index >= 15 is 0 Å². The normalized spacial score (nSPS) is 19.6. The third-order valence-corrected chi connectivity index (χ3v) is 4.19. The number of rotatable bonds is 5. The van der Waals surface area contributed by atoms with Crippen molar-refractivity contribution in [3.05, 3.63) is 0 Å². The monoisotopic (exact) mass is 280 g/mol. The van der Waals surface area contributed by atoms with Gasteiger partial charge in [0.25, 0.3) is 0 Å². The van der Waals surface area contributed by atoms with Gasteiger partial charge in [-0.2, -0.15) is 0 Å². The molecule has 2 aliphatic rings. The average molecular weight is 280 g/mol. The molecule has 0 unspecified atom stereocenters. The molecule has 0 N–H and O–H groups in total. The summed E-state index contributed by atoms with van der Waals surface area (Å²) in [6.45, 7) is 2.29. The Bertz CT molecular complexity index is 127. The summed E-state index contributed by atoms with van der Waals surface area (Å²) in [5, 5.41) is 0. The van der Waals surface area contributed by atoms with Crippen LogP contribution in [0.4, 0.5) is 0 Å². The first-order valence-electron chi connectivity index (χ1n) is 7.93. The van der Waals surface area contributed by atoms with Crippen LogP contribution in [0.2, 0.25) is 0 Å². The van der Waals surface area contributed by atoms with Gasteiger partial charge in [0.1, 0.15) is 0 Å². The minimum atomic E-state index is 0. The standard InChI is InChI=1S/C11H22.C5H10.Fe/c1-2-3-4-5-8-11-9-6-7-10-11;1-2-4-5-3-1;/h11H,2-10H2,1H3;1-5H2;. The fraction of sp³-hybridized carbons (Fsp3) is 1.00. The SMILES string of the molecule is C1CCCC1.CCCCCCC1CCCC1.[Fe]. The average Bonchev–Trinajstić information content (AvgIpc) is 2.99. The molecule has 0 nitrogen and oxygen atoms in total. The van der Waals surface area contributed by atoms with E-state index in [9.17, 15) is 0 Å². The zero-order chi connectivity index (χ0) is 11.5. The number of hydrogen-bond acceptors (Lipinski definition) is 0. The molecule has 2 rings (SSSR count). The fourth-order valence-electron chi connectivity index (χ4n) is 3.04. The van der Waals surface area contributed by atoms with E-state index in [0.717, 1.165) is 5.92 Å². The van der Waals surface area contributed by atoms with Crippen LogP contribution < -0.4 is 0 Å². The van der Waals surface area contributed by atoms with Gasteiger partial charge in [-0.3, -0.25) is 0 Å². The summed E-state index contributed by atoms with van der Waals surface area (Å²) in [6, 6.07) is 0. The zero-order valence-electron chi connectivity index (χ0n) is 11.8. The van der Waals surface area contributed by atoms with E-state index < -0.39 is 0 Å². The maximum atomic E-state index is 2.29. The van der Waals surface area contributed by atoms with Crippen molar-refractivity contribution in [2.45, 2.75) is 96.8 Å². The van der Waals surface area contributed by atoms with Crippen molar-refractivity contribution < 1.29 is 17.1 Å². The van der Waals surface area contributed by atoms with Gasteiger partial charge in [-0.1, -0.05) is 96.8 Å². The van der Waals surface area contributed by atoms with Crippen LogP contribution in [0, 0.1) is 5.92 Å². The van der Waals surface area contributed by atoms with Crippen molar-refractivity contribution in [2.24, 2.45) is 5.92 Å². The summed E-state index contributed by atoms with van der Waals surface area (Å²) in [7, 11) is 0. The molecular formula is C16H32Fe. The summed E-state index contributed by atoms with van der Waals surface area (Å²) in [5.74, 6) is 1.12. The quantitative estimate of drug-likeness (QED) is 0.422. The van der Waals surface area contributed by atoms with E-state index in [-0.39, 0.29) is 17.1 Å². The van der Waals surface area contributed by atoms with Crippen molar-refractivity contribution in [1.29, 1.82) is 0 Å². The van der Waals surface area contributed by atoms with Gasteiger partial charge in [0, 0.05) is 17.1 Å². The van der Waals surface area contributed by atoms with Crippen LogP contribution in [0.1, 0.15) is 96.8 Å². The Morgan fingerprint density at radius 1 is 0.706 bits per heavy atom. The second-order valence-electron chi connectivity index (χ2n) is 5.77. The van der Waals surface area contributed by atoms with Crippen molar-refractivity contribution in [3.63, 3.8) is 0 Å². The summed E-state index contributed by atoms with van der Waals surface area (Å²) >= 11 is 0. The van der Waals surface area contributed by atoms with Crippen LogP contribution in [0.25, 0.3) is 0 Å². The molecule has 0 aliphatic heterocycles. The predicted molar refractivity (Wildman–Crippen MR) is 73.8 cm³/mol. The topological polar surface area (TPSA) is 0 Å². The molecule has 0 saturated heterocycles. The maximum absolute atomic E-state index is 2.29. The first-order valence-corrected chi connectivity index (χ1v) is 7.93. The molecule has 17 heavy (non-hydrogen) atoms. The van der Waals surface area contributed by atoms with Gasteiger partial charge in [0.15, 0.2) is 0 Å². The van der Waals surface area contributed by atoms with Crippen molar-refractivity contribution in [2.75, 3.05) is 0 Å². The molecule has 0 aromatic carbocycles. The first-order chi connectivity index (χ1) is 7.93. The van der Waals surface area contributed by atoms with E-state index in [2.05, 4.69) is 6.92 Å². The molecular weight excluding hydrogens is 248 g/mol. The third-order valence-electron chi connectivity index (χ3n) is 4.19. The Balaban J connectivity index is 0.000000360. The molecule has 0 amide bonds. The Hall–Kier alpha value is 0.519. The van der Waals surface area contributed by atoms with Gasteiger partial charge >= 0.3 is 0 Å². The molecule has 2 fully saturated rings. The minimum absolute atomic E-state index is 0. The fourth-order valence-corrected chi connectivity index (χ4v) is 3.04. The molecule has 0 atom stereocenters. The van der Waals surface area contributed by atoms with E-state index in [1.54, 1.807) is 0 Å². The van der Waals surface area contributed by atoms with Crippen LogP contribution >= 0.6 is 0 Å². The van der Waals surface area contributed by atoms with Crippen molar-refractivity contribution in [1.82, 2.24) is 0 Å². The summed E-state index contributed by atoms with van der Waals surface area (Å²) in [5.41, 5.74) is 0. The minimum Gasteiger partial charge on any atom is -0.0654 e. The summed E-state index contributed by atoms with van der Waals surface area (Å²) in [4.78, 5) is 0. The second-order valence-corrected chi connectivity index (χ2v) is 5.77. The molecule has 0 aromatic rings. The largest absolute Gasteiger partial charge is 0.0654 e. The van der Waals surface area contributed by atoms with E-state index in [4.69, 9.17) is 0 Å². The van der Waals surface area contributed by atoms with E-state index in [1.165, 1.54) is 89.9 Å². The Morgan fingerprint density at radius 3 is 1.71 bits per heavy atom. The smallest absolute Gasteiger partial charge is 0 e. The van der Waals surface area contributed by atoms with Gasteiger partial charge in [0.05, 0.1) is 0 Å². The van der Waals surface area contributed by atoms with E-state index in [1.807, 2.05) is 0 Å². The van der Waals surface area contributed by atoms with Crippen LogP contribution in [-0.4, -0.2) is 0 Å². The van der Waals surface area contributed by atoms with Gasteiger partial charge < -0.3 is 0 Å². The van der Waals surface area contributed by atoms with Gasteiger partial charge in [-0.15, -0.1) is 0 Å². The maximum Gasteiger partial charge on any atom is 0 e. The summed E-state index contributed by atoms with van der Waals surface area (Å²) in [6.07, 6.45) is 20.9. The Labute approximate surface area is 120 Å². The third kappa shape index (κ3) is 10.2. The zero-order valence-corrected chi connectivity index (χ0v) is 12.9. The van der Waals surface area contributed by atoms with Gasteiger partial charge in [-0.25, -0.2) is 0 Å². The predicted octanol–water partition coefficient (Wildman–Crippen LogP) is 6.10. The molecule has 0 bridgehead atoms. The Kier molecular flexibility index (Phi) is 13.4. The van der Waals surface area contributed by atoms with Gasteiger partial charge in [0.2, 0.25) is 0 Å². The van der Waals surface area contributed by atoms with Crippen molar-refractivity contribution in [3.8, 4) is 0 Å². The van der Waals surface area contributed by atoms with Gasteiger partial charge in [-0.05, 0) is 5.92 Å².